The number of thiophene rings is 1. The zero-order valence-electron chi connectivity index (χ0n) is 11.3. The van der Waals surface area contributed by atoms with Crippen molar-refractivity contribution in [2.75, 3.05) is 6.54 Å². The molecule has 1 aliphatic rings. The van der Waals surface area contributed by atoms with Crippen molar-refractivity contribution in [1.82, 2.24) is 20.5 Å². The van der Waals surface area contributed by atoms with E-state index in [1.807, 2.05) is 0 Å². The van der Waals surface area contributed by atoms with E-state index in [0.717, 1.165) is 36.4 Å². The molecule has 0 spiro atoms. The number of fused-ring (bicyclic) bond motifs is 1. The van der Waals surface area contributed by atoms with Gasteiger partial charge in [-0.15, -0.1) is 11.3 Å². The topological polar surface area (TPSA) is 70.7 Å². The van der Waals surface area contributed by atoms with Crippen LogP contribution in [0.5, 0.6) is 0 Å². The minimum absolute atomic E-state index is 0.0574. The summed E-state index contributed by atoms with van der Waals surface area (Å²) in [7, 11) is 0. The van der Waals surface area contributed by atoms with Crippen LogP contribution in [0, 0.1) is 0 Å². The van der Waals surface area contributed by atoms with Crippen LogP contribution in [0.3, 0.4) is 0 Å². The van der Waals surface area contributed by atoms with Gasteiger partial charge in [0.1, 0.15) is 12.2 Å². The van der Waals surface area contributed by atoms with Crippen LogP contribution in [0.4, 0.5) is 0 Å². The number of carbonyl (C=O) groups excluding carboxylic acids is 1. The van der Waals surface area contributed by atoms with Crippen LogP contribution in [-0.2, 0) is 19.3 Å². The lowest BCUT2D eigenvalue weighted by atomic mass is 9.99. The Labute approximate surface area is 121 Å². The molecule has 0 saturated heterocycles. The Kier molecular flexibility index (Phi) is 4.11. The van der Waals surface area contributed by atoms with Gasteiger partial charge in [0.05, 0.1) is 4.88 Å². The third-order valence-electron chi connectivity index (χ3n) is 3.56. The van der Waals surface area contributed by atoms with Gasteiger partial charge in [0.15, 0.2) is 0 Å². The summed E-state index contributed by atoms with van der Waals surface area (Å²) in [5.74, 6) is 0.924. The number of nitrogens with one attached hydrogen (secondary N) is 2. The molecule has 2 aromatic heterocycles. The lowest BCUT2D eigenvalue weighted by Gasteiger charge is -2.08. The highest BCUT2D eigenvalue weighted by atomic mass is 32.1. The van der Waals surface area contributed by atoms with Crippen LogP contribution < -0.4 is 5.32 Å². The first-order chi connectivity index (χ1) is 9.83. The number of carbonyl (C=O) groups is 1. The average molecular weight is 290 g/mol. The van der Waals surface area contributed by atoms with Crippen LogP contribution in [-0.4, -0.2) is 27.6 Å². The van der Waals surface area contributed by atoms with Crippen molar-refractivity contribution in [3.05, 3.63) is 33.5 Å². The van der Waals surface area contributed by atoms with Gasteiger partial charge in [0.25, 0.3) is 5.91 Å². The van der Waals surface area contributed by atoms with E-state index >= 15 is 0 Å². The minimum atomic E-state index is 0.0574. The SMILES string of the molecule is O=C(NCCCc1ncn[nH]1)c1cc2c(s1)CCCC2. The first kappa shape index (κ1) is 13.3. The molecule has 106 valence electrons. The van der Waals surface area contributed by atoms with Crippen LogP contribution in [0.1, 0.15) is 45.2 Å². The molecular formula is C14H18N4OS. The Morgan fingerprint density at radius 1 is 1.40 bits per heavy atom. The number of hydrogen-bond donors (Lipinski definition) is 2. The van der Waals surface area contributed by atoms with Gasteiger partial charge in [-0.2, -0.15) is 5.10 Å². The molecule has 0 radical (unpaired) electrons. The van der Waals surface area contributed by atoms with E-state index in [2.05, 4.69) is 26.6 Å². The van der Waals surface area contributed by atoms with Crippen molar-refractivity contribution in [3.63, 3.8) is 0 Å². The molecule has 0 bridgehead atoms. The molecule has 0 aromatic carbocycles. The van der Waals surface area contributed by atoms with E-state index < -0.39 is 0 Å². The molecular weight excluding hydrogens is 272 g/mol. The molecule has 20 heavy (non-hydrogen) atoms. The van der Waals surface area contributed by atoms with Crippen LogP contribution >= 0.6 is 11.3 Å². The number of aryl methyl sites for hydroxylation is 3. The van der Waals surface area contributed by atoms with Gasteiger partial charge in [-0.1, -0.05) is 0 Å². The Morgan fingerprint density at radius 3 is 3.10 bits per heavy atom. The first-order valence-corrected chi connectivity index (χ1v) is 7.88. The lowest BCUT2D eigenvalue weighted by Crippen LogP contribution is -2.24. The molecule has 2 aromatic rings. The van der Waals surface area contributed by atoms with Crippen molar-refractivity contribution in [2.45, 2.75) is 38.5 Å². The van der Waals surface area contributed by atoms with E-state index in [9.17, 15) is 4.79 Å². The number of H-pyrrole nitrogens is 1. The second-order valence-corrected chi connectivity index (χ2v) is 6.19. The van der Waals surface area contributed by atoms with Crippen molar-refractivity contribution >= 4 is 17.2 Å². The zero-order chi connectivity index (χ0) is 13.8. The first-order valence-electron chi connectivity index (χ1n) is 7.07. The monoisotopic (exact) mass is 290 g/mol. The number of amides is 1. The quantitative estimate of drug-likeness (QED) is 0.829. The third kappa shape index (κ3) is 3.07. The number of nitrogens with zero attached hydrogens (tertiary/aromatic N) is 2. The molecule has 1 aliphatic carbocycles. The minimum Gasteiger partial charge on any atom is -0.351 e. The fourth-order valence-electron chi connectivity index (χ4n) is 2.50. The van der Waals surface area contributed by atoms with Crippen molar-refractivity contribution < 1.29 is 4.79 Å². The summed E-state index contributed by atoms with van der Waals surface area (Å²) in [5, 5.41) is 9.60. The average Bonchev–Trinajstić information content (AvgIpc) is 3.12. The summed E-state index contributed by atoms with van der Waals surface area (Å²) in [6.45, 7) is 0.669. The summed E-state index contributed by atoms with van der Waals surface area (Å²) in [4.78, 5) is 18.4. The van der Waals surface area contributed by atoms with Crippen LogP contribution in [0.2, 0.25) is 0 Å². The Balaban J connectivity index is 1.48. The summed E-state index contributed by atoms with van der Waals surface area (Å²) in [6, 6.07) is 2.07. The molecule has 1 amide bonds. The third-order valence-corrected chi connectivity index (χ3v) is 4.80. The maximum absolute atomic E-state index is 12.1. The second kappa shape index (κ2) is 6.17. The predicted octanol–water partition coefficient (Wildman–Crippen LogP) is 2.11. The highest BCUT2D eigenvalue weighted by Gasteiger charge is 2.16. The number of aromatic amines is 1. The van der Waals surface area contributed by atoms with Gasteiger partial charge < -0.3 is 5.32 Å². The zero-order valence-corrected chi connectivity index (χ0v) is 12.1. The van der Waals surface area contributed by atoms with E-state index in [4.69, 9.17) is 0 Å². The molecule has 0 atom stereocenters. The normalized spacial score (nSPS) is 14.0. The molecule has 6 heteroatoms. The molecule has 2 N–H and O–H groups in total. The molecule has 2 heterocycles. The van der Waals surface area contributed by atoms with E-state index in [1.54, 1.807) is 11.3 Å². The predicted molar refractivity (Wildman–Crippen MR) is 78.0 cm³/mol. The lowest BCUT2D eigenvalue weighted by molar-refractivity contribution is 0.0957. The van der Waals surface area contributed by atoms with Crippen molar-refractivity contribution in [1.29, 1.82) is 0 Å². The van der Waals surface area contributed by atoms with Gasteiger partial charge in [-0.3, -0.25) is 9.89 Å². The molecule has 5 nitrogen and oxygen atoms in total. The van der Waals surface area contributed by atoms with Crippen molar-refractivity contribution in [3.8, 4) is 0 Å². The van der Waals surface area contributed by atoms with Gasteiger partial charge in [-0.25, -0.2) is 4.98 Å². The van der Waals surface area contributed by atoms with E-state index in [0.29, 0.717) is 6.54 Å². The Hall–Kier alpha value is -1.69. The summed E-state index contributed by atoms with van der Waals surface area (Å²) in [5.41, 5.74) is 1.38. The van der Waals surface area contributed by atoms with Gasteiger partial charge in [-0.05, 0) is 43.7 Å². The smallest absolute Gasteiger partial charge is 0.261 e. The fraction of sp³-hybridized carbons (Fsp3) is 0.500. The molecule has 0 saturated carbocycles. The molecule has 3 rings (SSSR count). The maximum Gasteiger partial charge on any atom is 0.261 e. The fourth-order valence-corrected chi connectivity index (χ4v) is 3.67. The maximum atomic E-state index is 12.1. The second-order valence-electron chi connectivity index (χ2n) is 5.06. The largest absolute Gasteiger partial charge is 0.351 e. The van der Waals surface area contributed by atoms with E-state index in [-0.39, 0.29) is 5.91 Å². The van der Waals surface area contributed by atoms with Crippen LogP contribution in [0.25, 0.3) is 0 Å². The summed E-state index contributed by atoms with van der Waals surface area (Å²) in [6.07, 6.45) is 7.95. The Morgan fingerprint density at radius 2 is 2.30 bits per heavy atom. The molecule has 0 aliphatic heterocycles. The number of rotatable bonds is 5. The van der Waals surface area contributed by atoms with Gasteiger partial charge in [0, 0.05) is 17.8 Å². The van der Waals surface area contributed by atoms with Crippen molar-refractivity contribution in [2.24, 2.45) is 0 Å². The summed E-state index contributed by atoms with van der Waals surface area (Å²) < 4.78 is 0. The van der Waals surface area contributed by atoms with Gasteiger partial charge >= 0.3 is 0 Å². The summed E-state index contributed by atoms with van der Waals surface area (Å²) >= 11 is 1.66. The molecule has 0 unspecified atom stereocenters. The standard InChI is InChI=1S/C14H18N4OS/c19-14(15-7-3-6-13-16-9-17-18-13)12-8-10-4-1-2-5-11(10)20-12/h8-9H,1-7H2,(H,15,19)(H,16,17,18). The Bertz CT molecular complexity index is 553. The highest BCUT2D eigenvalue weighted by molar-refractivity contribution is 7.14. The number of hydrogen-bond acceptors (Lipinski definition) is 4. The van der Waals surface area contributed by atoms with Gasteiger partial charge in [0.2, 0.25) is 0 Å². The van der Waals surface area contributed by atoms with E-state index in [1.165, 1.54) is 29.6 Å². The number of aromatic nitrogens is 3. The van der Waals surface area contributed by atoms with Crippen LogP contribution in [0.15, 0.2) is 12.4 Å². The molecule has 0 fully saturated rings. The highest BCUT2D eigenvalue weighted by Crippen LogP contribution is 2.29.